The maximum atomic E-state index is 12.5. The number of carbonyl (C=O) groups is 2. The Hall–Kier alpha value is -3.34. The van der Waals surface area contributed by atoms with Gasteiger partial charge in [0.25, 0.3) is 0 Å². The first kappa shape index (κ1) is 22.3. The van der Waals surface area contributed by atoms with E-state index in [1.807, 2.05) is 4.90 Å². The molecular formula is C20H21F3N4O4. The number of nitrogens with two attached hydrogens (primary N) is 1. The number of carbonyl (C=O) groups excluding carboxylic acids is 1. The van der Waals surface area contributed by atoms with Gasteiger partial charge in [-0.25, -0.2) is 4.79 Å². The van der Waals surface area contributed by atoms with Crippen LogP contribution < -0.4 is 10.5 Å². The quantitative estimate of drug-likeness (QED) is 0.743. The van der Waals surface area contributed by atoms with Crippen molar-refractivity contribution in [1.82, 2.24) is 14.8 Å². The summed E-state index contributed by atoms with van der Waals surface area (Å²) in [7, 11) is 0. The van der Waals surface area contributed by atoms with Gasteiger partial charge in [-0.3, -0.25) is 19.6 Å². The summed E-state index contributed by atoms with van der Waals surface area (Å²) < 4.78 is 41.5. The highest BCUT2D eigenvalue weighted by Gasteiger charge is 2.42. The Morgan fingerprint density at radius 2 is 2.00 bits per heavy atom. The topological polar surface area (TPSA) is 109 Å². The molecule has 0 spiro atoms. The molecule has 1 aromatic carbocycles. The summed E-state index contributed by atoms with van der Waals surface area (Å²) in [5.74, 6) is -1.01. The Morgan fingerprint density at radius 1 is 1.26 bits per heavy atom. The summed E-state index contributed by atoms with van der Waals surface area (Å²) in [6.45, 7) is 2.74. The molecule has 1 atom stereocenters. The van der Waals surface area contributed by atoms with E-state index in [4.69, 9.17) is 5.73 Å². The summed E-state index contributed by atoms with van der Waals surface area (Å²) in [6.07, 6.45) is -3.15. The van der Waals surface area contributed by atoms with Gasteiger partial charge in [-0.15, -0.1) is 13.2 Å². The third kappa shape index (κ3) is 5.23. The van der Waals surface area contributed by atoms with Gasteiger partial charge >= 0.3 is 12.5 Å². The lowest BCUT2D eigenvalue weighted by Crippen LogP contribution is -2.60. The molecule has 2 heterocycles. The number of primary amides is 1. The van der Waals surface area contributed by atoms with Crippen LogP contribution in [0.5, 0.6) is 5.75 Å². The van der Waals surface area contributed by atoms with E-state index in [1.54, 1.807) is 13.0 Å². The average Bonchev–Trinajstić information content (AvgIpc) is 2.67. The molecule has 2 amide bonds. The van der Waals surface area contributed by atoms with Crippen molar-refractivity contribution >= 4 is 12.0 Å². The molecular weight excluding hydrogens is 417 g/mol. The van der Waals surface area contributed by atoms with Crippen molar-refractivity contribution in [2.45, 2.75) is 25.4 Å². The summed E-state index contributed by atoms with van der Waals surface area (Å²) >= 11 is 0. The number of aromatic nitrogens is 1. The molecule has 8 nitrogen and oxygen atoms in total. The predicted molar refractivity (Wildman–Crippen MR) is 103 cm³/mol. The molecule has 1 aliphatic rings. The first-order valence-corrected chi connectivity index (χ1v) is 9.31. The van der Waals surface area contributed by atoms with Crippen molar-refractivity contribution in [3.05, 3.63) is 59.4 Å². The molecule has 166 valence electrons. The molecule has 0 radical (unpaired) electrons. The van der Waals surface area contributed by atoms with Gasteiger partial charge in [0.15, 0.2) is 0 Å². The van der Waals surface area contributed by atoms with Gasteiger partial charge in [-0.1, -0.05) is 12.1 Å². The molecule has 3 rings (SSSR count). The second-order valence-electron chi connectivity index (χ2n) is 7.44. The minimum Gasteiger partial charge on any atom is -0.465 e. The van der Waals surface area contributed by atoms with Crippen LogP contribution in [0.15, 0.2) is 42.7 Å². The van der Waals surface area contributed by atoms with Crippen LogP contribution in [0.25, 0.3) is 0 Å². The van der Waals surface area contributed by atoms with Crippen molar-refractivity contribution in [3.8, 4) is 5.75 Å². The van der Waals surface area contributed by atoms with E-state index in [1.165, 1.54) is 41.6 Å². The lowest BCUT2D eigenvalue weighted by Gasteiger charge is -2.48. The Kier molecular flexibility index (Phi) is 6.07. The third-order valence-corrected chi connectivity index (χ3v) is 5.18. The maximum Gasteiger partial charge on any atom is 0.573 e. The number of ether oxygens (including phenoxy) is 1. The normalized spacial score (nSPS) is 19.8. The Morgan fingerprint density at radius 3 is 2.65 bits per heavy atom. The van der Waals surface area contributed by atoms with Crippen molar-refractivity contribution in [2.75, 3.05) is 19.6 Å². The van der Waals surface area contributed by atoms with Crippen LogP contribution >= 0.6 is 0 Å². The molecule has 2 aromatic rings. The van der Waals surface area contributed by atoms with Gasteiger partial charge in [-0.2, -0.15) is 0 Å². The summed E-state index contributed by atoms with van der Waals surface area (Å²) in [5.41, 5.74) is 5.50. The molecule has 0 saturated carbocycles. The van der Waals surface area contributed by atoms with Crippen LogP contribution in [0.1, 0.15) is 28.4 Å². The molecule has 1 fully saturated rings. The van der Waals surface area contributed by atoms with Crippen LogP contribution in [-0.2, 0) is 12.1 Å². The lowest BCUT2D eigenvalue weighted by atomic mass is 9.87. The third-order valence-electron chi connectivity index (χ3n) is 5.18. The van der Waals surface area contributed by atoms with Crippen molar-refractivity contribution < 1.29 is 32.6 Å². The zero-order valence-corrected chi connectivity index (χ0v) is 16.6. The van der Waals surface area contributed by atoms with Crippen LogP contribution in [0.2, 0.25) is 0 Å². The summed E-state index contributed by atoms with van der Waals surface area (Å²) in [6, 6.07) is 7.14. The van der Waals surface area contributed by atoms with Crippen molar-refractivity contribution in [3.63, 3.8) is 0 Å². The van der Waals surface area contributed by atoms with E-state index in [-0.39, 0.29) is 30.9 Å². The molecule has 31 heavy (non-hydrogen) atoms. The minimum atomic E-state index is -4.79. The largest absolute Gasteiger partial charge is 0.573 e. The summed E-state index contributed by atoms with van der Waals surface area (Å²) in [5, 5.41) is 9.71. The van der Waals surface area contributed by atoms with Crippen molar-refractivity contribution in [1.29, 1.82) is 0 Å². The predicted octanol–water partition coefficient (Wildman–Crippen LogP) is 2.79. The molecule has 1 saturated heterocycles. The lowest BCUT2D eigenvalue weighted by molar-refractivity contribution is -0.274. The van der Waals surface area contributed by atoms with E-state index in [2.05, 4.69) is 9.72 Å². The second kappa shape index (κ2) is 8.42. The molecule has 11 heteroatoms. The van der Waals surface area contributed by atoms with Gasteiger partial charge in [0.05, 0.1) is 11.1 Å². The molecule has 0 unspecified atom stereocenters. The van der Waals surface area contributed by atoms with Crippen LogP contribution in [0, 0.1) is 0 Å². The number of carboxylic acid groups (broad SMARTS) is 1. The zero-order chi connectivity index (χ0) is 22.8. The highest BCUT2D eigenvalue weighted by atomic mass is 19.4. The molecule has 1 aromatic heterocycles. The summed E-state index contributed by atoms with van der Waals surface area (Å²) in [4.78, 5) is 30.6. The van der Waals surface area contributed by atoms with E-state index >= 15 is 0 Å². The first-order valence-electron chi connectivity index (χ1n) is 9.31. The molecule has 0 aliphatic carbocycles. The van der Waals surface area contributed by atoms with Gasteiger partial charge in [0.2, 0.25) is 5.91 Å². The standard InChI is InChI=1S/C20H21F3N4O4/c1-19(15-8-14(17(24)28)9-25-10-15)12-26(5-6-27(19)18(29)30)11-13-3-2-4-16(7-13)31-20(21,22)23/h2-4,7-10H,5-6,11-12H2,1H3,(H2,24,28)(H,29,30)/t19-/m0/s1. The second-order valence-corrected chi connectivity index (χ2v) is 7.44. The monoisotopic (exact) mass is 438 g/mol. The van der Waals surface area contributed by atoms with Gasteiger partial charge in [-0.05, 0) is 36.2 Å². The number of piperazine rings is 1. The Bertz CT molecular complexity index is 985. The SMILES string of the molecule is C[C@@]1(c2cncc(C(N)=O)c2)CN(Cc2cccc(OC(F)(F)F)c2)CCN1C(=O)O. The fourth-order valence-electron chi connectivity index (χ4n) is 3.75. The highest BCUT2D eigenvalue weighted by molar-refractivity contribution is 5.92. The number of nitrogens with zero attached hydrogens (tertiary/aromatic N) is 3. The van der Waals surface area contributed by atoms with E-state index in [0.29, 0.717) is 17.7 Å². The number of halogens is 3. The van der Waals surface area contributed by atoms with Crippen molar-refractivity contribution in [2.24, 2.45) is 5.73 Å². The first-order chi connectivity index (χ1) is 14.5. The smallest absolute Gasteiger partial charge is 0.465 e. The zero-order valence-electron chi connectivity index (χ0n) is 16.6. The van der Waals surface area contributed by atoms with Gasteiger partial charge < -0.3 is 15.6 Å². The molecule has 1 aliphatic heterocycles. The number of hydrogen-bond donors (Lipinski definition) is 2. The van der Waals surface area contributed by atoms with E-state index < -0.39 is 23.9 Å². The molecule has 0 bridgehead atoms. The number of benzene rings is 1. The van der Waals surface area contributed by atoms with Crippen LogP contribution in [-0.4, -0.2) is 57.9 Å². The Labute approximate surface area is 176 Å². The van der Waals surface area contributed by atoms with E-state index in [9.17, 15) is 27.9 Å². The minimum absolute atomic E-state index is 0.151. The number of rotatable bonds is 5. The van der Waals surface area contributed by atoms with E-state index in [0.717, 1.165) is 0 Å². The molecule has 3 N–H and O–H groups in total. The average molecular weight is 438 g/mol. The maximum absolute atomic E-state index is 12.5. The Balaban J connectivity index is 1.86. The van der Waals surface area contributed by atoms with Gasteiger partial charge in [0, 0.05) is 38.6 Å². The van der Waals surface area contributed by atoms with Crippen LogP contribution in [0.3, 0.4) is 0 Å². The van der Waals surface area contributed by atoms with Gasteiger partial charge in [0.1, 0.15) is 5.75 Å². The highest BCUT2D eigenvalue weighted by Crippen LogP contribution is 2.33. The fraction of sp³-hybridized carbons (Fsp3) is 0.350. The number of pyridine rings is 1. The number of hydrogen-bond acceptors (Lipinski definition) is 5. The number of alkyl halides is 3. The van der Waals surface area contributed by atoms with Crippen LogP contribution in [0.4, 0.5) is 18.0 Å². The fourth-order valence-corrected chi connectivity index (χ4v) is 3.75. The number of amides is 2.